The fourth-order valence-corrected chi connectivity index (χ4v) is 3.00. The van der Waals surface area contributed by atoms with E-state index < -0.39 is 41.9 Å². The maximum atomic E-state index is 13.1. The van der Waals surface area contributed by atoms with Crippen LogP contribution >= 0.6 is 0 Å². The molecule has 2 rings (SSSR count). The average Bonchev–Trinajstić information content (AvgIpc) is 3.10. The van der Waals surface area contributed by atoms with Gasteiger partial charge in [-0.2, -0.15) is 0 Å². The standard InChI is InChI=1S/C19H26FN3O5/c1-19(2,3)28-17(25)15-5-4-10-23(15)18(26)22(12-16(24)21-27)11-13-6-8-14(20)9-7-13/h6-9,15,27H,4-5,10-12H2,1-3H3,(H,21,24)/t15-/m0/s1. The minimum Gasteiger partial charge on any atom is -0.458 e. The van der Waals surface area contributed by atoms with Crippen molar-refractivity contribution in [3.63, 3.8) is 0 Å². The Balaban J connectivity index is 2.18. The maximum absolute atomic E-state index is 13.1. The number of amides is 3. The number of rotatable bonds is 5. The molecule has 1 atom stereocenters. The number of nitrogens with one attached hydrogen (secondary N) is 1. The number of ether oxygens (including phenoxy) is 1. The molecule has 0 spiro atoms. The van der Waals surface area contributed by atoms with Gasteiger partial charge in [0.25, 0.3) is 5.91 Å². The van der Waals surface area contributed by atoms with E-state index >= 15 is 0 Å². The van der Waals surface area contributed by atoms with Crippen LogP contribution in [0.1, 0.15) is 39.2 Å². The number of carbonyl (C=O) groups is 3. The predicted molar refractivity (Wildman–Crippen MR) is 97.7 cm³/mol. The Kier molecular flexibility index (Phi) is 6.95. The Labute approximate surface area is 163 Å². The Bertz CT molecular complexity index is 717. The molecule has 0 aromatic heterocycles. The summed E-state index contributed by atoms with van der Waals surface area (Å²) < 4.78 is 18.5. The van der Waals surface area contributed by atoms with Crippen LogP contribution in [0.5, 0.6) is 0 Å². The van der Waals surface area contributed by atoms with Crippen LogP contribution in [-0.4, -0.2) is 57.6 Å². The zero-order chi connectivity index (χ0) is 20.9. The van der Waals surface area contributed by atoms with Gasteiger partial charge >= 0.3 is 12.0 Å². The molecule has 1 aliphatic rings. The van der Waals surface area contributed by atoms with Crippen LogP contribution in [0, 0.1) is 5.82 Å². The Morgan fingerprint density at radius 3 is 2.50 bits per heavy atom. The van der Waals surface area contributed by atoms with Crippen molar-refractivity contribution < 1.29 is 28.7 Å². The van der Waals surface area contributed by atoms with Crippen molar-refractivity contribution >= 4 is 17.9 Å². The van der Waals surface area contributed by atoms with E-state index in [9.17, 15) is 18.8 Å². The summed E-state index contributed by atoms with van der Waals surface area (Å²) >= 11 is 0. The topological polar surface area (TPSA) is 99.2 Å². The molecule has 1 aromatic rings. The fraction of sp³-hybridized carbons (Fsp3) is 0.526. The monoisotopic (exact) mass is 395 g/mol. The fourth-order valence-electron chi connectivity index (χ4n) is 3.00. The first-order valence-electron chi connectivity index (χ1n) is 9.06. The normalized spacial score (nSPS) is 16.6. The summed E-state index contributed by atoms with van der Waals surface area (Å²) in [6.45, 7) is 5.20. The minimum atomic E-state index is -0.775. The molecule has 0 radical (unpaired) electrons. The second-order valence-corrected chi connectivity index (χ2v) is 7.68. The van der Waals surface area contributed by atoms with Crippen LogP contribution in [0.2, 0.25) is 0 Å². The van der Waals surface area contributed by atoms with Gasteiger partial charge < -0.3 is 14.5 Å². The molecule has 28 heavy (non-hydrogen) atoms. The van der Waals surface area contributed by atoms with E-state index in [0.717, 1.165) is 0 Å². The molecule has 0 aliphatic carbocycles. The first-order chi connectivity index (χ1) is 13.1. The highest BCUT2D eigenvalue weighted by atomic mass is 19.1. The third kappa shape index (κ3) is 5.91. The summed E-state index contributed by atoms with van der Waals surface area (Å²) in [4.78, 5) is 39.8. The quantitative estimate of drug-likeness (QED) is 0.452. The van der Waals surface area contributed by atoms with Gasteiger partial charge in [0, 0.05) is 13.1 Å². The van der Waals surface area contributed by atoms with E-state index in [1.165, 1.54) is 39.5 Å². The lowest BCUT2D eigenvalue weighted by Gasteiger charge is -2.32. The molecule has 9 heteroatoms. The van der Waals surface area contributed by atoms with Crippen molar-refractivity contribution in [2.45, 2.75) is 51.8 Å². The number of urea groups is 1. The molecule has 1 aromatic carbocycles. The first kappa shape index (κ1) is 21.6. The SMILES string of the molecule is CC(C)(C)OC(=O)[C@@H]1CCCN1C(=O)N(CC(=O)NO)Cc1ccc(F)cc1. The maximum Gasteiger partial charge on any atom is 0.329 e. The summed E-state index contributed by atoms with van der Waals surface area (Å²) in [7, 11) is 0. The smallest absolute Gasteiger partial charge is 0.329 e. The number of hydrogen-bond donors (Lipinski definition) is 2. The number of nitrogens with zero attached hydrogens (tertiary/aromatic N) is 2. The zero-order valence-electron chi connectivity index (χ0n) is 16.3. The van der Waals surface area contributed by atoms with Crippen molar-refractivity contribution in [2.24, 2.45) is 0 Å². The highest BCUT2D eigenvalue weighted by Gasteiger charge is 2.39. The van der Waals surface area contributed by atoms with Crippen molar-refractivity contribution in [3.05, 3.63) is 35.6 Å². The lowest BCUT2D eigenvalue weighted by molar-refractivity contribution is -0.159. The van der Waals surface area contributed by atoms with Crippen molar-refractivity contribution in [3.8, 4) is 0 Å². The summed E-state index contributed by atoms with van der Waals surface area (Å²) in [5.41, 5.74) is 1.42. The van der Waals surface area contributed by atoms with E-state index in [1.807, 2.05) is 0 Å². The Morgan fingerprint density at radius 2 is 1.93 bits per heavy atom. The van der Waals surface area contributed by atoms with Crippen molar-refractivity contribution in [1.82, 2.24) is 15.3 Å². The van der Waals surface area contributed by atoms with Crippen LogP contribution < -0.4 is 5.48 Å². The molecule has 3 amide bonds. The third-order valence-electron chi connectivity index (χ3n) is 4.19. The van der Waals surface area contributed by atoms with E-state index in [-0.39, 0.29) is 6.54 Å². The molecule has 1 heterocycles. The summed E-state index contributed by atoms with van der Waals surface area (Å²) in [6, 6.07) is 4.25. The van der Waals surface area contributed by atoms with Gasteiger partial charge in [-0.1, -0.05) is 12.1 Å². The summed E-state index contributed by atoms with van der Waals surface area (Å²) in [5, 5.41) is 8.83. The summed E-state index contributed by atoms with van der Waals surface area (Å²) in [6.07, 6.45) is 1.10. The van der Waals surface area contributed by atoms with Gasteiger partial charge in [0.1, 0.15) is 24.0 Å². The summed E-state index contributed by atoms with van der Waals surface area (Å²) in [5.74, 6) is -1.69. The highest BCUT2D eigenvalue weighted by molar-refractivity contribution is 5.87. The number of halogens is 1. The van der Waals surface area contributed by atoms with E-state index in [2.05, 4.69) is 0 Å². The van der Waals surface area contributed by atoms with Crippen LogP contribution in [0.4, 0.5) is 9.18 Å². The van der Waals surface area contributed by atoms with Gasteiger partial charge in [0.15, 0.2) is 0 Å². The largest absolute Gasteiger partial charge is 0.458 e. The molecule has 8 nitrogen and oxygen atoms in total. The molecular weight excluding hydrogens is 369 g/mol. The van der Waals surface area contributed by atoms with Gasteiger partial charge in [-0.25, -0.2) is 19.5 Å². The lowest BCUT2D eigenvalue weighted by atomic mass is 10.1. The van der Waals surface area contributed by atoms with Crippen LogP contribution in [0.3, 0.4) is 0 Å². The van der Waals surface area contributed by atoms with Gasteiger partial charge in [-0.3, -0.25) is 10.0 Å². The molecule has 0 unspecified atom stereocenters. The minimum absolute atomic E-state index is 0.0179. The number of benzene rings is 1. The van der Waals surface area contributed by atoms with Crippen LogP contribution in [0.15, 0.2) is 24.3 Å². The molecule has 0 saturated carbocycles. The lowest BCUT2D eigenvalue weighted by Crippen LogP contribution is -2.51. The van der Waals surface area contributed by atoms with Crippen molar-refractivity contribution in [2.75, 3.05) is 13.1 Å². The molecular formula is C19H26FN3O5. The molecule has 0 bridgehead atoms. The number of esters is 1. The Hall–Kier alpha value is -2.68. The van der Waals surface area contributed by atoms with Crippen LogP contribution in [-0.2, 0) is 20.9 Å². The molecule has 154 valence electrons. The Morgan fingerprint density at radius 1 is 1.29 bits per heavy atom. The van der Waals surface area contributed by atoms with E-state index in [0.29, 0.717) is 24.9 Å². The number of hydrogen-bond acceptors (Lipinski definition) is 5. The molecule has 1 saturated heterocycles. The second-order valence-electron chi connectivity index (χ2n) is 7.68. The van der Waals surface area contributed by atoms with Gasteiger partial charge in [0.2, 0.25) is 0 Å². The average molecular weight is 395 g/mol. The van der Waals surface area contributed by atoms with Gasteiger partial charge in [-0.05, 0) is 51.3 Å². The molecule has 1 aliphatic heterocycles. The molecule has 2 N–H and O–H groups in total. The number of likely N-dealkylation sites (tertiary alicyclic amines) is 1. The number of carbonyl (C=O) groups excluding carboxylic acids is 3. The van der Waals surface area contributed by atoms with Gasteiger partial charge in [0.05, 0.1) is 0 Å². The third-order valence-corrected chi connectivity index (χ3v) is 4.19. The van der Waals surface area contributed by atoms with Gasteiger partial charge in [-0.15, -0.1) is 0 Å². The zero-order valence-corrected chi connectivity index (χ0v) is 16.3. The second kappa shape index (κ2) is 9.01. The van der Waals surface area contributed by atoms with Crippen molar-refractivity contribution in [1.29, 1.82) is 0 Å². The predicted octanol–water partition coefficient (Wildman–Crippen LogP) is 2.06. The van der Waals surface area contributed by atoms with E-state index in [4.69, 9.17) is 9.94 Å². The number of hydroxylamine groups is 1. The first-order valence-corrected chi connectivity index (χ1v) is 9.06. The highest BCUT2D eigenvalue weighted by Crippen LogP contribution is 2.23. The van der Waals surface area contributed by atoms with Crippen LogP contribution in [0.25, 0.3) is 0 Å². The van der Waals surface area contributed by atoms with E-state index in [1.54, 1.807) is 20.8 Å². The molecule has 1 fully saturated rings.